The predicted octanol–water partition coefficient (Wildman–Crippen LogP) is 3.71. The molecule has 36 heavy (non-hydrogen) atoms. The number of hydrogen-bond acceptors (Lipinski definition) is 9. The van der Waals surface area contributed by atoms with E-state index in [-0.39, 0.29) is 12.3 Å². The average Bonchev–Trinajstić information content (AvgIpc) is 3.19. The van der Waals surface area contributed by atoms with Crippen molar-refractivity contribution in [2.45, 2.75) is 20.0 Å². The molecule has 0 bridgehead atoms. The van der Waals surface area contributed by atoms with Crippen molar-refractivity contribution in [3.63, 3.8) is 0 Å². The monoisotopic (exact) mass is 508 g/mol. The van der Waals surface area contributed by atoms with Crippen LogP contribution in [0.15, 0.2) is 42.5 Å². The smallest absolute Gasteiger partial charge is 0.417 e. The minimum Gasteiger partial charge on any atom is -0.461 e. The highest BCUT2D eigenvalue weighted by Gasteiger charge is 2.39. The molecule has 1 aromatic heterocycles. The van der Waals surface area contributed by atoms with Crippen molar-refractivity contribution in [1.29, 1.82) is 0 Å². The van der Waals surface area contributed by atoms with E-state index in [1.807, 2.05) is 0 Å². The number of nitro benzene ring substituents is 2. The molecule has 1 heterocycles. The lowest BCUT2D eigenvalue weighted by molar-refractivity contribution is -0.393. The van der Waals surface area contributed by atoms with E-state index >= 15 is 0 Å². The molecule has 0 radical (unpaired) electrons. The lowest BCUT2D eigenvalue weighted by Crippen LogP contribution is -2.39. The molecule has 0 unspecified atom stereocenters. The van der Waals surface area contributed by atoms with Crippen molar-refractivity contribution in [2.75, 3.05) is 11.6 Å². The molecule has 188 valence electrons. The molecule has 0 spiro atoms. The Hall–Kier alpha value is -4.89. The summed E-state index contributed by atoms with van der Waals surface area (Å²) in [4.78, 5) is 47.2. The summed E-state index contributed by atoms with van der Waals surface area (Å²) in [5.74, 6) is -2.41. The summed E-state index contributed by atoms with van der Waals surface area (Å²) in [5, 5.41) is 30.5. The molecular formula is C20H15F3N6O7. The fourth-order valence-electron chi connectivity index (χ4n) is 3.18. The largest absolute Gasteiger partial charge is 0.461 e. The first-order chi connectivity index (χ1) is 16.9. The summed E-state index contributed by atoms with van der Waals surface area (Å²) in [5.41, 5.74) is -5.26. The number of halogens is 3. The number of anilines is 1. The van der Waals surface area contributed by atoms with Crippen LogP contribution in [0.2, 0.25) is 0 Å². The number of non-ortho nitro benzene ring substituents is 1. The van der Waals surface area contributed by atoms with Crippen LogP contribution in [0, 0.1) is 27.2 Å². The number of nitro groups is 2. The van der Waals surface area contributed by atoms with Gasteiger partial charge in [-0.1, -0.05) is 12.1 Å². The van der Waals surface area contributed by atoms with E-state index in [0.29, 0.717) is 21.9 Å². The maximum atomic E-state index is 13.7. The maximum absolute atomic E-state index is 13.7. The first-order valence-electron chi connectivity index (χ1n) is 9.91. The molecule has 0 fully saturated rings. The second-order valence-electron chi connectivity index (χ2n) is 6.98. The van der Waals surface area contributed by atoms with Gasteiger partial charge in [-0.15, -0.1) is 9.89 Å². The second-order valence-corrected chi connectivity index (χ2v) is 6.98. The van der Waals surface area contributed by atoms with Crippen LogP contribution in [0.4, 0.5) is 30.2 Å². The number of benzene rings is 2. The van der Waals surface area contributed by atoms with Crippen molar-refractivity contribution in [2.24, 2.45) is 0 Å². The molecular weight excluding hydrogens is 493 g/mol. The highest BCUT2D eigenvalue weighted by molar-refractivity contribution is 6.08. The van der Waals surface area contributed by atoms with Gasteiger partial charge in [-0.05, 0) is 37.3 Å². The molecule has 0 atom stereocenters. The summed E-state index contributed by atoms with van der Waals surface area (Å²) in [6, 6.07) is 5.80. The number of rotatable bonds is 7. The van der Waals surface area contributed by atoms with Crippen LogP contribution in [0.3, 0.4) is 0 Å². The minimum absolute atomic E-state index is 0.0550. The lowest BCUT2D eigenvalue weighted by Gasteiger charge is -2.24. The standard InChI is InChI=1S/C20H15F3N6O7/c1-3-36-19(31)17-11(2)27(25-24-17)26(15-9-8-12(28(32)33)10-16(15)29(34)35)18(30)13-6-4-5-7-14(13)20(21,22)23/h4-10H,3H2,1-2H3. The number of alkyl halides is 3. The van der Waals surface area contributed by atoms with Gasteiger partial charge in [0.05, 0.1) is 39.3 Å². The first kappa shape index (κ1) is 25.7. The lowest BCUT2D eigenvalue weighted by atomic mass is 10.1. The van der Waals surface area contributed by atoms with Gasteiger partial charge in [-0.25, -0.2) is 4.79 Å². The van der Waals surface area contributed by atoms with Crippen molar-refractivity contribution in [3.05, 3.63) is 85.2 Å². The molecule has 0 saturated carbocycles. The number of aromatic nitrogens is 3. The molecule has 13 nitrogen and oxygen atoms in total. The molecule has 16 heteroatoms. The molecule has 0 aliphatic carbocycles. The average molecular weight is 508 g/mol. The number of esters is 1. The quantitative estimate of drug-likeness (QED) is 0.263. The summed E-state index contributed by atoms with van der Waals surface area (Å²) in [6.07, 6.45) is -4.98. The third-order valence-corrected chi connectivity index (χ3v) is 4.78. The number of carbonyl (C=O) groups excluding carboxylic acids is 2. The third kappa shape index (κ3) is 4.82. The summed E-state index contributed by atoms with van der Waals surface area (Å²) in [7, 11) is 0. The Morgan fingerprint density at radius 2 is 1.78 bits per heavy atom. The van der Waals surface area contributed by atoms with Gasteiger partial charge < -0.3 is 4.74 Å². The van der Waals surface area contributed by atoms with Gasteiger partial charge in [0.1, 0.15) is 5.69 Å². The highest BCUT2D eigenvalue weighted by Crippen LogP contribution is 2.36. The molecule has 0 aliphatic rings. The zero-order chi connectivity index (χ0) is 26.8. The van der Waals surface area contributed by atoms with Crippen molar-refractivity contribution in [1.82, 2.24) is 15.1 Å². The fraction of sp³-hybridized carbons (Fsp3) is 0.200. The molecule has 0 N–H and O–H groups in total. The van der Waals surface area contributed by atoms with Gasteiger partial charge in [0.2, 0.25) is 0 Å². The normalized spacial score (nSPS) is 11.1. The van der Waals surface area contributed by atoms with Crippen LogP contribution < -0.4 is 5.01 Å². The SMILES string of the molecule is CCOC(=O)c1nnn(N(C(=O)c2ccccc2C(F)(F)F)c2ccc([N+](=O)[O-])cc2[N+](=O)[O-])c1C. The van der Waals surface area contributed by atoms with E-state index in [2.05, 4.69) is 10.3 Å². The summed E-state index contributed by atoms with van der Waals surface area (Å²) < 4.78 is 45.8. The third-order valence-electron chi connectivity index (χ3n) is 4.78. The molecule has 0 saturated heterocycles. The molecule has 1 amide bonds. The van der Waals surface area contributed by atoms with Crippen molar-refractivity contribution < 1.29 is 37.3 Å². The molecule has 3 aromatic rings. The molecule has 0 aliphatic heterocycles. The molecule has 2 aromatic carbocycles. The Bertz CT molecular complexity index is 1370. The zero-order valence-electron chi connectivity index (χ0n) is 18.4. The minimum atomic E-state index is -4.98. The summed E-state index contributed by atoms with van der Waals surface area (Å²) in [6.45, 7) is 2.67. The Morgan fingerprint density at radius 3 is 2.36 bits per heavy atom. The van der Waals surface area contributed by atoms with E-state index in [0.717, 1.165) is 30.3 Å². The van der Waals surface area contributed by atoms with Crippen LogP contribution >= 0.6 is 0 Å². The number of hydrogen-bond donors (Lipinski definition) is 0. The van der Waals surface area contributed by atoms with Gasteiger partial charge in [-0.2, -0.15) is 18.2 Å². The summed E-state index contributed by atoms with van der Waals surface area (Å²) >= 11 is 0. The fourth-order valence-corrected chi connectivity index (χ4v) is 3.18. The van der Waals surface area contributed by atoms with Gasteiger partial charge in [0, 0.05) is 6.07 Å². The van der Waals surface area contributed by atoms with Crippen LogP contribution in [-0.2, 0) is 10.9 Å². The predicted molar refractivity (Wildman–Crippen MR) is 114 cm³/mol. The van der Waals surface area contributed by atoms with E-state index < -0.39 is 61.8 Å². The Morgan fingerprint density at radius 1 is 1.11 bits per heavy atom. The van der Waals surface area contributed by atoms with Gasteiger partial charge in [-0.3, -0.25) is 25.0 Å². The van der Waals surface area contributed by atoms with Crippen LogP contribution in [0.1, 0.15) is 39.0 Å². The number of carbonyl (C=O) groups is 2. The number of ether oxygens (including phenoxy) is 1. The van der Waals surface area contributed by atoms with E-state index in [9.17, 15) is 43.0 Å². The van der Waals surface area contributed by atoms with Gasteiger partial charge in [0.25, 0.3) is 11.6 Å². The van der Waals surface area contributed by atoms with E-state index in [4.69, 9.17) is 4.74 Å². The zero-order valence-corrected chi connectivity index (χ0v) is 18.4. The van der Waals surface area contributed by atoms with Crippen molar-refractivity contribution in [3.8, 4) is 0 Å². The van der Waals surface area contributed by atoms with Crippen LogP contribution in [0.5, 0.6) is 0 Å². The van der Waals surface area contributed by atoms with Crippen molar-refractivity contribution >= 4 is 28.9 Å². The second kappa shape index (κ2) is 9.77. The Labute approximate surface area is 198 Å². The number of amides is 1. The van der Waals surface area contributed by atoms with E-state index in [1.54, 1.807) is 0 Å². The Balaban J connectivity index is 2.33. The van der Waals surface area contributed by atoms with Crippen LogP contribution in [0.25, 0.3) is 0 Å². The van der Waals surface area contributed by atoms with E-state index in [1.165, 1.54) is 13.8 Å². The topological polar surface area (TPSA) is 164 Å². The highest BCUT2D eigenvalue weighted by atomic mass is 19.4. The maximum Gasteiger partial charge on any atom is 0.417 e. The van der Waals surface area contributed by atoms with Gasteiger partial charge >= 0.3 is 17.8 Å². The molecule has 3 rings (SSSR count). The van der Waals surface area contributed by atoms with Gasteiger partial charge in [0.15, 0.2) is 5.69 Å². The number of nitrogens with zero attached hydrogens (tertiary/aromatic N) is 6. The van der Waals surface area contributed by atoms with Crippen LogP contribution in [-0.4, -0.2) is 43.4 Å². The Kier molecular flexibility index (Phi) is 6.98. The first-order valence-corrected chi connectivity index (χ1v) is 9.91.